The van der Waals surface area contributed by atoms with Crippen LogP contribution in [-0.4, -0.2) is 13.0 Å². The van der Waals surface area contributed by atoms with Crippen LogP contribution in [0.15, 0.2) is 41.0 Å². The normalized spacial score (nSPS) is 17.3. The van der Waals surface area contributed by atoms with Crippen molar-refractivity contribution in [3.8, 4) is 0 Å². The predicted molar refractivity (Wildman–Crippen MR) is 79.0 cm³/mol. The minimum absolute atomic E-state index is 0.0435. The maximum Gasteiger partial charge on any atom is 0.251 e. The van der Waals surface area contributed by atoms with Crippen LogP contribution in [-0.2, 0) is 17.8 Å². The molecule has 0 saturated heterocycles. The highest BCUT2D eigenvalue weighted by Gasteiger charge is 2.24. The molecule has 1 aromatic carbocycles. The second-order valence-corrected chi connectivity index (χ2v) is 5.35. The van der Waals surface area contributed by atoms with Crippen molar-refractivity contribution in [2.24, 2.45) is 0 Å². The number of ether oxygens (including phenoxy) is 1. The molecule has 21 heavy (non-hydrogen) atoms. The molecule has 1 aromatic heterocycles. The van der Waals surface area contributed by atoms with Crippen LogP contribution in [0.1, 0.15) is 46.1 Å². The number of methoxy groups -OCH3 is 1. The van der Waals surface area contributed by atoms with Crippen molar-refractivity contribution in [2.75, 3.05) is 7.11 Å². The number of nitrogens with one attached hydrogen (secondary N) is 1. The molecule has 1 aliphatic carbocycles. The van der Waals surface area contributed by atoms with Gasteiger partial charge in [0.1, 0.15) is 5.76 Å². The lowest BCUT2D eigenvalue weighted by Crippen LogP contribution is -2.30. The Balaban J connectivity index is 1.70. The third kappa shape index (κ3) is 3.00. The summed E-state index contributed by atoms with van der Waals surface area (Å²) in [4.78, 5) is 12.3. The van der Waals surface area contributed by atoms with Gasteiger partial charge in [-0.1, -0.05) is 12.1 Å². The predicted octanol–water partition coefficient (Wildman–Crippen LogP) is 3.23. The van der Waals surface area contributed by atoms with Gasteiger partial charge in [0.2, 0.25) is 0 Å². The van der Waals surface area contributed by atoms with Crippen molar-refractivity contribution in [1.82, 2.24) is 5.32 Å². The molecular weight excluding hydrogens is 266 g/mol. The lowest BCUT2D eigenvalue weighted by atomic mass is 9.93. The molecule has 0 radical (unpaired) electrons. The van der Waals surface area contributed by atoms with Gasteiger partial charge >= 0.3 is 0 Å². The average molecular weight is 285 g/mol. The van der Waals surface area contributed by atoms with Crippen LogP contribution >= 0.6 is 0 Å². The number of aryl methyl sites for hydroxylation is 1. The van der Waals surface area contributed by atoms with E-state index in [-0.39, 0.29) is 11.9 Å². The van der Waals surface area contributed by atoms with Crippen LogP contribution in [0.25, 0.3) is 0 Å². The van der Waals surface area contributed by atoms with Gasteiger partial charge in [-0.05, 0) is 36.6 Å². The zero-order valence-corrected chi connectivity index (χ0v) is 12.1. The Morgan fingerprint density at radius 3 is 2.90 bits per heavy atom. The number of fused-ring (bicyclic) bond motifs is 1. The number of furan rings is 1. The molecule has 110 valence electrons. The molecule has 1 aliphatic rings. The fourth-order valence-corrected chi connectivity index (χ4v) is 2.80. The summed E-state index contributed by atoms with van der Waals surface area (Å²) in [5.41, 5.74) is 2.85. The molecule has 0 unspecified atom stereocenters. The van der Waals surface area contributed by atoms with E-state index in [9.17, 15) is 4.79 Å². The summed E-state index contributed by atoms with van der Waals surface area (Å²) in [6, 6.07) is 9.52. The fraction of sp³-hybridized carbons (Fsp3) is 0.353. The van der Waals surface area contributed by atoms with Gasteiger partial charge in [0, 0.05) is 24.7 Å². The maximum absolute atomic E-state index is 12.3. The quantitative estimate of drug-likeness (QED) is 0.938. The summed E-state index contributed by atoms with van der Waals surface area (Å²) >= 11 is 0. The molecule has 2 aromatic rings. The summed E-state index contributed by atoms with van der Waals surface area (Å²) < 4.78 is 10.5. The first-order valence-electron chi connectivity index (χ1n) is 7.23. The zero-order valence-electron chi connectivity index (χ0n) is 12.1. The van der Waals surface area contributed by atoms with E-state index in [1.54, 1.807) is 13.4 Å². The lowest BCUT2D eigenvalue weighted by molar-refractivity contribution is 0.0932. The summed E-state index contributed by atoms with van der Waals surface area (Å²) in [6.45, 7) is 0.558. The van der Waals surface area contributed by atoms with Gasteiger partial charge in [-0.25, -0.2) is 0 Å². The zero-order chi connectivity index (χ0) is 14.7. The number of carbonyl (C=O) groups is 1. The van der Waals surface area contributed by atoms with Crippen LogP contribution in [0.2, 0.25) is 0 Å². The van der Waals surface area contributed by atoms with Crippen LogP contribution in [0.5, 0.6) is 0 Å². The minimum Gasteiger partial charge on any atom is -0.469 e. The first-order valence-corrected chi connectivity index (χ1v) is 7.23. The molecule has 0 aliphatic heterocycles. The Labute approximate surface area is 124 Å². The van der Waals surface area contributed by atoms with Gasteiger partial charge in [0.15, 0.2) is 0 Å². The first-order chi connectivity index (χ1) is 10.3. The molecule has 0 fully saturated rings. The molecular formula is C17H19NO3. The summed E-state index contributed by atoms with van der Waals surface area (Å²) in [6.07, 6.45) is 4.66. The van der Waals surface area contributed by atoms with Gasteiger partial charge in [0.25, 0.3) is 5.91 Å². The maximum atomic E-state index is 12.3. The van der Waals surface area contributed by atoms with E-state index in [1.165, 1.54) is 0 Å². The summed E-state index contributed by atoms with van der Waals surface area (Å²) in [5, 5.41) is 3.10. The number of benzene rings is 1. The standard InChI is InChI=1S/C17H19NO3/c1-20-11-12-5-7-13(8-6-12)17(19)18-15-3-2-4-16-14(15)9-10-21-16/h5-10,15H,2-4,11H2,1H3,(H,18,19)/t15-/m0/s1. The van der Waals surface area contributed by atoms with Crippen LogP contribution < -0.4 is 5.32 Å². The minimum atomic E-state index is -0.0435. The second kappa shape index (κ2) is 6.14. The SMILES string of the molecule is COCc1ccc(C(=O)N[C@H]2CCCc3occc32)cc1. The first kappa shape index (κ1) is 13.9. The van der Waals surface area contributed by atoms with Crippen LogP contribution in [0.4, 0.5) is 0 Å². The van der Waals surface area contributed by atoms with Crippen molar-refractivity contribution in [3.05, 3.63) is 59.0 Å². The van der Waals surface area contributed by atoms with E-state index in [0.717, 1.165) is 36.1 Å². The highest BCUT2D eigenvalue weighted by Crippen LogP contribution is 2.30. The molecule has 0 saturated carbocycles. The van der Waals surface area contributed by atoms with Gasteiger partial charge in [-0.15, -0.1) is 0 Å². The monoisotopic (exact) mass is 285 g/mol. The molecule has 0 bridgehead atoms. The summed E-state index contributed by atoms with van der Waals surface area (Å²) in [5.74, 6) is 0.958. The molecule has 4 nitrogen and oxygen atoms in total. The van der Waals surface area contributed by atoms with Gasteiger partial charge < -0.3 is 14.5 Å². The Hall–Kier alpha value is -2.07. The lowest BCUT2D eigenvalue weighted by Gasteiger charge is -2.22. The molecule has 1 amide bonds. The smallest absolute Gasteiger partial charge is 0.251 e. The van der Waals surface area contributed by atoms with E-state index in [2.05, 4.69) is 5.32 Å². The third-order valence-electron chi connectivity index (χ3n) is 3.88. The van der Waals surface area contributed by atoms with Crippen molar-refractivity contribution >= 4 is 5.91 Å². The van der Waals surface area contributed by atoms with Crippen LogP contribution in [0, 0.1) is 0 Å². The van der Waals surface area contributed by atoms with E-state index in [0.29, 0.717) is 12.2 Å². The summed E-state index contributed by atoms with van der Waals surface area (Å²) in [7, 11) is 1.66. The van der Waals surface area contributed by atoms with Gasteiger partial charge in [-0.3, -0.25) is 4.79 Å². The Morgan fingerprint density at radius 1 is 1.33 bits per heavy atom. The van der Waals surface area contributed by atoms with Crippen molar-refractivity contribution < 1.29 is 13.9 Å². The Kier molecular flexibility index (Phi) is 4.06. The molecule has 0 spiro atoms. The highest BCUT2D eigenvalue weighted by molar-refractivity contribution is 5.94. The van der Waals surface area contributed by atoms with E-state index >= 15 is 0 Å². The topological polar surface area (TPSA) is 51.5 Å². The van der Waals surface area contributed by atoms with Gasteiger partial charge in [-0.2, -0.15) is 0 Å². The Bertz CT molecular complexity index is 615. The number of carbonyl (C=O) groups excluding carboxylic acids is 1. The second-order valence-electron chi connectivity index (χ2n) is 5.35. The number of hydrogen-bond donors (Lipinski definition) is 1. The number of rotatable bonds is 4. The van der Waals surface area contributed by atoms with E-state index in [4.69, 9.17) is 9.15 Å². The van der Waals surface area contributed by atoms with Gasteiger partial charge in [0.05, 0.1) is 18.9 Å². The largest absolute Gasteiger partial charge is 0.469 e. The number of hydrogen-bond acceptors (Lipinski definition) is 3. The van der Waals surface area contributed by atoms with Crippen molar-refractivity contribution in [2.45, 2.75) is 31.9 Å². The molecule has 1 heterocycles. The van der Waals surface area contributed by atoms with Crippen molar-refractivity contribution in [3.63, 3.8) is 0 Å². The van der Waals surface area contributed by atoms with Crippen LogP contribution in [0.3, 0.4) is 0 Å². The van der Waals surface area contributed by atoms with Crippen molar-refractivity contribution in [1.29, 1.82) is 0 Å². The van der Waals surface area contributed by atoms with E-state index in [1.807, 2.05) is 30.3 Å². The Morgan fingerprint density at radius 2 is 2.14 bits per heavy atom. The number of amides is 1. The highest BCUT2D eigenvalue weighted by atomic mass is 16.5. The molecule has 4 heteroatoms. The third-order valence-corrected chi connectivity index (χ3v) is 3.88. The fourth-order valence-electron chi connectivity index (χ4n) is 2.80. The molecule has 1 atom stereocenters. The average Bonchev–Trinajstić information content (AvgIpc) is 2.98. The van der Waals surface area contributed by atoms with E-state index < -0.39 is 0 Å². The molecule has 1 N–H and O–H groups in total. The molecule has 3 rings (SSSR count).